The molecule has 16 heavy (non-hydrogen) atoms. The van der Waals surface area contributed by atoms with E-state index in [2.05, 4.69) is 15.4 Å². The Morgan fingerprint density at radius 3 is 2.62 bits per heavy atom. The van der Waals surface area contributed by atoms with Gasteiger partial charge in [0.15, 0.2) is 6.29 Å². The van der Waals surface area contributed by atoms with E-state index in [9.17, 15) is 0 Å². The number of nitrogens with zero attached hydrogens (tertiary/aromatic N) is 3. The lowest BCUT2D eigenvalue weighted by Crippen LogP contribution is -2.42. The molecule has 0 fully saturated rings. The van der Waals surface area contributed by atoms with Gasteiger partial charge in [-0.05, 0) is 14.0 Å². The van der Waals surface area contributed by atoms with Gasteiger partial charge < -0.3 is 14.8 Å². The molecule has 0 saturated heterocycles. The standard InChI is InChI=1S/C10H20N4O2/c1-5-14-9(12-7-13-14)6-8(11-2)10(15-3)16-4/h7-8,10-11H,5-6H2,1-4H3. The lowest BCUT2D eigenvalue weighted by atomic mass is 10.2. The fourth-order valence-electron chi connectivity index (χ4n) is 1.67. The summed E-state index contributed by atoms with van der Waals surface area (Å²) in [6.45, 7) is 2.85. The van der Waals surface area contributed by atoms with E-state index in [0.717, 1.165) is 18.8 Å². The number of hydrogen-bond donors (Lipinski definition) is 1. The van der Waals surface area contributed by atoms with Crippen LogP contribution in [0.3, 0.4) is 0 Å². The Bertz CT molecular complexity index is 299. The second-order valence-electron chi connectivity index (χ2n) is 3.43. The van der Waals surface area contributed by atoms with Crippen molar-refractivity contribution in [2.45, 2.75) is 32.2 Å². The van der Waals surface area contributed by atoms with E-state index in [1.807, 2.05) is 18.7 Å². The zero-order valence-electron chi connectivity index (χ0n) is 10.3. The van der Waals surface area contributed by atoms with Crippen LogP contribution in [0, 0.1) is 0 Å². The van der Waals surface area contributed by atoms with E-state index in [4.69, 9.17) is 9.47 Å². The van der Waals surface area contributed by atoms with Crippen molar-refractivity contribution in [1.29, 1.82) is 0 Å². The van der Waals surface area contributed by atoms with E-state index in [1.54, 1.807) is 20.5 Å². The van der Waals surface area contributed by atoms with Crippen LogP contribution in [-0.2, 0) is 22.4 Å². The third kappa shape index (κ3) is 3.01. The van der Waals surface area contributed by atoms with Crippen molar-refractivity contribution in [2.75, 3.05) is 21.3 Å². The van der Waals surface area contributed by atoms with Crippen molar-refractivity contribution in [3.63, 3.8) is 0 Å². The molecule has 0 spiro atoms. The minimum absolute atomic E-state index is 0.0597. The van der Waals surface area contributed by atoms with Gasteiger partial charge in [0.25, 0.3) is 0 Å². The smallest absolute Gasteiger partial charge is 0.172 e. The Labute approximate surface area is 96.0 Å². The Balaban J connectivity index is 2.69. The monoisotopic (exact) mass is 228 g/mol. The van der Waals surface area contributed by atoms with Gasteiger partial charge in [-0.3, -0.25) is 4.68 Å². The van der Waals surface area contributed by atoms with Crippen molar-refractivity contribution < 1.29 is 9.47 Å². The molecule has 0 bridgehead atoms. The van der Waals surface area contributed by atoms with Crippen LogP contribution >= 0.6 is 0 Å². The number of aromatic nitrogens is 3. The highest BCUT2D eigenvalue weighted by molar-refractivity contribution is 4.90. The van der Waals surface area contributed by atoms with Crippen LogP contribution in [0.15, 0.2) is 6.33 Å². The van der Waals surface area contributed by atoms with Gasteiger partial charge in [0.2, 0.25) is 0 Å². The molecule has 0 aliphatic heterocycles. The maximum atomic E-state index is 5.23. The van der Waals surface area contributed by atoms with Crippen molar-refractivity contribution in [3.05, 3.63) is 12.2 Å². The molecule has 1 unspecified atom stereocenters. The molecule has 6 heteroatoms. The molecule has 1 atom stereocenters. The lowest BCUT2D eigenvalue weighted by molar-refractivity contribution is -0.121. The molecule has 92 valence electrons. The molecular weight excluding hydrogens is 208 g/mol. The van der Waals surface area contributed by atoms with Gasteiger partial charge in [-0.1, -0.05) is 0 Å². The second kappa shape index (κ2) is 6.57. The SMILES string of the molecule is CCn1ncnc1CC(NC)C(OC)OC. The summed E-state index contributed by atoms with van der Waals surface area (Å²) in [6, 6.07) is 0.0597. The van der Waals surface area contributed by atoms with E-state index in [1.165, 1.54) is 0 Å². The van der Waals surface area contributed by atoms with Gasteiger partial charge in [-0.15, -0.1) is 0 Å². The lowest BCUT2D eigenvalue weighted by Gasteiger charge is -2.23. The summed E-state index contributed by atoms with van der Waals surface area (Å²) < 4.78 is 12.3. The maximum absolute atomic E-state index is 5.23. The van der Waals surface area contributed by atoms with Crippen LogP contribution in [0.5, 0.6) is 0 Å². The van der Waals surface area contributed by atoms with Gasteiger partial charge in [0.1, 0.15) is 12.2 Å². The molecule has 0 saturated carbocycles. The van der Waals surface area contributed by atoms with E-state index < -0.39 is 0 Å². The number of rotatable bonds is 7. The summed E-state index contributed by atoms with van der Waals surface area (Å²) in [6.07, 6.45) is 2.00. The summed E-state index contributed by atoms with van der Waals surface area (Å²) in [5.74, 6) is 0.931. The third-order valence-corrected chi connectivity index (χ3v) is 2.56. The van der Waals surface area contributed by atoms with Crippen LogP contribution in [0.2, 0.25) is 0 Å². The Hall–Kier alpha value is -0.980. The highest BCUT2D eigenvalue weighted by atomic mass is 16.7. The quantitative estimate of drug-likeness (QED) is 0.668. The average molecular weight is 228 g/mol. The number of likely N-dealkylation sites (N-methyl/N-ethyl adjacent to an activating group) is 1. The first-order chi connectivity index (χ1) is 7.76. The molecule has 1 rings (SSSR count). The molecule has 1 heterocycles. The van der Waals surface area contributed by atoms with Crippen LogP contribution in [-0.4, -0.2) is 48.4 Å². The highest BCUT2D eigenvalue weighted by Gasteiger charge is 2.21. The average Bonchev–Trinajstić information content (AvgIpc) is 2.76. The van der Waals surface area contributed by atoms with Gasteiger partial charge in [-0.25, -0.2) is 4.98 Å². The Morgan fingerprint density at radius 2 is 2.12 bits per heavy atom. The second-order valence-corrected chi connectivity index (χ2v) is 3.43. The first kappa shape index (κ1) is 13.1. The zero-order valence-corrected chi connectivity index (χ0v) is 10.3. The fourth-order valence-corrected chi connectivity index (χ4v) is 1.67. The van der Waals surface area contributed by atoms with Crippen LogP contribution in [0.4, 0.5) is 0 Å². The number of ether oxygens (including phenoxy) is 2. The Morgan fingerprint density at radius 1 is 1.44 bits per heavy atom. The summed E-state index contributed by atoms with van der Waals surface area (Å²) in [5, 5.41) is 7.29. The van der Waals surface area contributed by atoms with Crippen molar-refractivity contribution in [1.82, 2.24) is 20.1 Å². The molecule has 6 nitrogen and oxygen atoms in total. The van der Waals surface area contributed by atoms with E-state index in [-0.39, 0.29) is 12.3 Å². The van der Waals surface area contributed by atoms with Crippen molar-refractivity contribution >= 4 is 0 Å². The first-order valence-corrected chi connectivity index (χ1v) is 5.36. The molecule has 0 aliphatic carbocycles. The topological polar surface area (TPSA) is 61.2 Å². The fraction of sp³-hybridized carbons (Fsp3) is 0.800. The highest BCUT2D eigenvalue weighted by Crippen LogP contribution is 2.06. The van der Waals surface area contributed by atoms with Gasteiger partial charge in [0.05, 0.1) is 6.04 Å². The van der Waals surface area contributed by atoms with E-state index in [0.29, 0.717) is 0 Å². The number of nitrogens with one attached hydrogen (secondary N) is 1. The number of aryl methyl sites for hydroxylation is 1. The normalized spacial score (nSPS) is 13.3. The predicted molar refractivity (Wildman–Crippen MR) is 60.1 cm³/mol. The van der Waals surface area contributed by atoms with E-state index >= 15 is 0 Å². The number of hydrogen-bond acceptors (Lipinski definition) is 5. The van der Waals surface area contributed by atoms with Gasteiger partial charge in [-0.2, -0.15) is 5.10 Å². The first-order valence-electron chi connectivity index (χ1n) is 5.36. The summed E-state index contributed by atoms with van der Waals surface area (Å²) in [5.41, 5.74) is 0. The molecule has 1 aromatic rings. The molecule has 1 N–H and O–H groups in total. The predicted octanol–water partition coefficient (Wildman–Crippen LogP) is 0.0474. The Kier molecular flexibility index (Phi) is 5.37. The van der Waals surface area contributed by atoms with Crippen LogP contribution in [0.1, 0.15) is 12.7 Å². The molecule has 0 aromatic carbocycles. The third-order valence-electron chi connectivity index (χ3n) is 2.56. The molecule has 0 amide bonds. The van der Waals surface area contributed by atoms with Crippen molar-refractivity contribution in [3.8, 4) is 0 Å². The zero-order chi connectivity index (χ0) is 12.0. The molecule has 0 aliphatic rings. The molecule has 1 aromatic heterocycles. The maximum Gasteiger partial charge on any atom is 0.172 e. The van der Waals surface area contributed by atoms with Crippen LogP contribution < -0.4 is 5.32 Å². The van der Waals surface area contributed by atoms with Gasteiger partial charge in [0, 0.05) is 27.2 Å². The molecule has 0 radical (unpaired) electrons. The minimum Gasteiger partial charge on any atom is -0.354 e. The van der Waals surface area contributed by atoms with Crippen molar-refractivity contribution in [2.24, 2.45) is 0 Å². The summed E-state index contributed by atoms with van der Waals surface area (Å²) >= 11 is 0. The minimum atomic E-state index is -0.285. The van der Waals surface area contributed by atoms with Gasteiger partial charge >= 0.3 is 0 Å². The van der Waals surface area contributed by atoms with Crippen LogP contribution in [0.25, 0.3) is 0 Å². The summed E-state index contributed by atoms with van der Waals surface area (Å²) in [7, 11) is 5.13. The molecular formula is C10H20N4O2. The largest absolute Gasteiger partial charge is 0.354 e. The number of methoxy groups -OCH3 is 2. The summed E-state index contributed by atoms with van der Waals surface area (Å²) in [4.78, 5) is 4.23.